The maximum Gasteiger partial charge on any atom is 0.308 e. The van der Waals surface area contributed by atoms with E-state index in [4.69, 9.17) is 28.2 Å². The number of carboxylic acid groups (broad SMARTS) is 1. The van der Waals surface area contributed by atoms with Crippen molar-refractivity contribution in [3.63, 3.8) is 0 Å². The van der Waals surface area contributed by atoms with Gasteiger partial charge in [0.1, 0.15) is 0 Å². The predicted octanol–water partition coefficient (Wildman–Crippen LogP) is 7.08. The van der Waals surface area contributed by atoms with Gasteiger partial charge in [-0.2, -0.15) is 0 Å². The minimum atomic E-state index is -0.841. The number of H-pyrrole nitrogens is 1. The van der Waals surface area contributed by atoms with Crippen molar-refractivity contribution in [1.82, 2.24) is 9.97 Å². The van der Waals surface area contributed by atoms with Crippen molar-refractivity contribution in [2.75, 3.05) is 11.9 Å². The molecule has 2 aromatic heterocycles. The average Bonchev–Trinajstić information content (AvgIpc) is 3.40. The van der Waals surface area contributed by atoms with E-state index in [0.29, 0.717) is 21.6 Å². The molecule has 0 saturated carbocycles. The van der Waals surface area contributed by atoms with Gasteiger partial charge in [-0.15, -0.1) is 11.3 Å². The zero-order valence-corrected chi connectivity index (χ0v) is 20.0. The Bertz CT molecular complexity index is 1270. The Labute approximate surface area is 200 Å². The minimum absolute atomic E-state index is 0.258. The van der Waals surface area contributed by atoms with Crippen LogP contribution >= 0.6 is 34.5 Å². The van der Waals surface area contributed by atoms with Gasteiger partial charge in [0, 0.05) is 28.7 Å². The van der Waals surface area contributed by atoms with E-state index < -0.39 is 11.9 Å². The van der Waals surface area contributed by atoms with Crippen LogP contribution in [0.15, 0.2) is 48.7 Å². The van der Waals surface area contributed by atoms with Crippen molar-refractivity contribution >= 4 is 56.5 Å². The van der Waals surface area contributed by atoms with E-state index in [1.807, 2.05) is 42.6 Å². The number of fused-ring (bicyclic) bond motifs is 1. The number of thiazole rings is 1. The second-order valence-corrected chi connectivity index (χ2v) is 9.84. The van der Waals surface area contributed by atoms with E-state index in [9.17, 15) is 9.90 Å². The zero-order chi connectivity index (χ0) is 22.8. The molecule has 0 aliphatic carbocycles. The Morgan fingerprint density at radius 1 is 1.19 bits per heavy atom. The van der Waals surface area contributed by atoms with Crippen LogP contribution in [0.5, 0.6) is 0 Å². The lowest BCUT2D eigenvalue weighted by molar-refractivity contribution is -0.141. The first-order valence-electron chi connectivity index (χ1n) is 10.3. The van der Waals surface area contributed by atoms with Crippen molar-refractivity contribution in [1.29, 1.82) is 0 Å². The Kier molecular flexibility index (Phi) is 6.74. The molecule has 4 rings (SSSR count). The second kappa shape index (κ2) is 9.53. The van der Waals surface area contributed by atoms with Crippen LogP contribution in [-0.2, 0) is 11.2 Å². The summed E-state index contributed by atoms with van der Waals surface area (Å²) in [5.41, 5.74) is 3.70. The number of halogens is 2. The van der Waals surface area contributed by atoms with Crippen LogP contribution in [0.4, 0.5) is 5.13 Å². The maximum atomic E-state index is 12.0. The van der Waals surface area contributed by atoms with Crippen LogP contribution < -0.4 is 5.32 Å². The largest absolute Gasteiger partial charge is 0.481 e. The number of para-hydroxylation sites is 1. The molecular weight excluding hydrogens is 465 g/mol. The van der Waals surface area contributed by atoms with Gasteiger partial charge >= 0.3 is 5.97 Å². The summed E-state index contributed by atoms with van der Waals surface area (Å²) >= 11 is 13.8. The molecule has 0 spiro atoms. The predicted molar refractivity (Wildman–Crippen MR) is 133 cm³/mol. The molecule has 2 heterocycles. The average molecular weight is 488 g/mol. The smallest absolute Gasteiger partial charge is 0.308 e. The number of carbonyl (C=O) groups is 1. The van der Waals surface area contributed by atoms with Crippen LogP contribution in [-0.4, -0.2) is 27.6 Å². The zero-order valence-electron chi connectivity index (χ0n) is 17.7. The lowest BCUT2D eigenvalue weighted by Gasteiger charge is -2.13. The standard InChI is InChI=1S/C24H23Cl2N3O2S/c1-13(2)22-21(16-6-7-18(25)19(26)11-16)29-24(32-22)28-12-17(23(30)31)10-15-5-3-4-14-8-9-27-20(14)15/h3-9,11,13,17,27H,10,12H2,1-2H3,(H,28,29)(H,30,31). The fourth-order valence-electron chi connectivity index (χ4n) is 3.69. The number of aromatic nitrogens is 2. The summed E-state index contributed by atoms with van der Waals surface area (Å²) in [6.07, 6.45) is 2.29. The van der Waals surface area contributed by atoms with Crippen molar-refractivity contribution in [3.05, 3.63) is 69.1 Å². The molecule has 0 radical (unpaired) electrons. The first-order valence-corrected chi connectivity index (χ1v) is 11.9. The Balaban J connectivity index is 1.55. The molecule has 32 heavy (non-hydrogen) atoms. The first kappa shape index (κ1) is 22.6. The van der Waals surface area contributed by atoms with Crippen LogP contribution in [0, 0.1) is 5.92 Å². The molecule has 166 valence electrons. The molecule has 4 aromatic rings. The number of aliphatic carboxylic acids is 1. The Hall–Kier alpha value is -2.54. The lowest BCUT2D eigenvalue weighted by atomic mass is 9.98. The fraction of sp³-hybridized carbons (Fsp3) is 0.250. The van der Waals surface area contributed by atoms with E-state index in [-0.39, 0.29) is 12.5 Å². The Morgan fingerprint density at radius 3 is 2.72 bits per heavy atom. The van der Waals surface area contributed by atoms with E-state index >= 15 is 0 Å². The highest BCUT2D eigenvalue weighted by molar-refractivity contribution is 7.16. The van der Waals surface area contributed by atoms with Gasteiger partial charge in [-0.25, -0.2) is 4.98 Å². The molecular formula is C24H23Cl2N3O2S. The number of nitrogens with zero attached hydrogens (tertiary/aromatic N) is 1. The van der Waals surface area contributed by atoms with Gasteiger partial charge in [0.15, 0.2) is 5.13 Å². The molecule has 0 saturated heterocycles. The number of hydrogen-bond donors (Lipinski definition) is 3. The van der Waals surface area contributed by atoms with Crippen LogP contribution in [0.1, 0.15) is 30.2 Å². The fourth-order valence-corrected chi connectivity index (χ4v) is 4.99. The molecule has 8 heteroatoms. The number of aromatic amines is 1. The van der Waals surface area contributed by atoms with Crippen molar-refractivity contribution in [3.8, 4) is 11.3 Å². The van der Waals surface area contributed by atoms with E-state index in [0.717, 1.165) is 32.6 Å². The van der Waals surface area contributed by atoms with Gasteiger partial charge < -0.3 is 15.4 Å². The number of anilines is 1. The molecule has 1 unspecified atom stereocenters. The number of hydrogen-bond acceptors (Lipinski definition) is 4. The van der Waals surface area contributed by atoms with Crippen molar-refractivity contribution in [2.24, 2.45) is 5.92 Å². The Morgan fingerprint density at radius 2 is 2.00 bits per heavy atom. The van der Waals surface area contributed by atoms with Crippen molar-refractivity contribution < 1.29 is 9.90 Å². The normalized spacial score (nSPS) is 12.4. The minimum Gasteiger partial charge on any atom is -0.481 e. The number of benzene rings is 2. The molecule has 0 aliphatic rings. The number of nitrogens with one attached hydrogen (secondary N) is 2. The van der Waals surface area contributed by atoms with E-state index in [2.05, 4.69) is 24.1 Å². The van der Waals surface area contributed by atoms with Crippen LogP contribution in [0.25, 0.3) is 22.2 Å². The molecule has 2 aromatic carbocycles. The van der Waals surface area contributed by atoms with Crippen molar-refractivity contribution in [2.45, 2.75) is 26.2 Å². The van der Waals surface area contributed by atoms with Gasteiger partial charge in [-0.05, 0) is 41.5 Å². The van der Waals surface area contributed by atoms with Crippen LogP contribution in [0.3, 0.4) is 0 Å². The summed E-state index contributed by atoms with van der Waals surface area (Å²) in [5, 5.41) is 15.8. The number of carboxylic acids is 1. The number of rotatable bonds is 8. The summed E-state index contributed by atoms with van der Waals surface area (Å²) in [5.74, 6) is -1.18. The summed E-state index contributed by atoms with van der Waals surface area (Å²) in [6, 6.07) is 13.4. The molecule has 5 nitrogen and oxygen atoms in total. The molecule has 3 N–H and O–H groups in total. The van der Waals surface area contributed by atoms with E-state index in [1.165, 1.54) is 11.3 Å². The molecule has 1 atom stereocenters. The molecule has 0 amide bonds. The highest BCUT2D eigenvalue weighted by Gasteiger charge is 2.22. The third kappa shape index (κ3) is 4.77. The first-order chi connectivity index (χ1) is 15.3. The summed E-state index contributed by atoms with van der Waals surface area (Å²) in [7, 11) is 0. The van der Waals surface area contributed by atoms with Crippen LogP contribution in [0.2, 0.25) is 10.0 Å². The SMILES string of the molecule is CC(C)c1sc(NCC(Cc2cccc3cc[nH]c23)C(=O)O)nc1-c1ccc(Cl)c(Cl)c1. The second-order valence-electron chi connectivity index (χ2n) is 7.99. The summed E-state index contributed by atoms with van der Waals surface area (Å²) in [4.78, 5) is 21.1. The monoisotopic (exact) mass is 487 g/mol. The third-order valence-corrected chi connectivity index (χ3v) is 7.41. The molecule has 0 fully saturated rings. The molecule has 0 aliphatic heterocycles. The quantitative estimate of drug-likeness (QED) is 0.248. The lowest BCUT2D eigenvalue weighted by Crippen LogP contribution is -2.25. The highest BCUT2D eigenvalue weighted by Crippen LogP contribution is 2.38. The van der Waals surface area contributed by atoms with E-state index in [1.54, 1.807) is 6.07 Å². The van der Waals surface area contributed by atoms with Gasteiger partial charge in [0.2, 0.25) is 0 Å². The summed E-state index contributed by atoms with van der Waals surface area (Å²) < 4.78 is 0. The summed E-state index contributed by atoms with van der Waals surface area (Å²) in [6.45, 7) is 4.49. The topological polar surface area (TPSA) is 78.0 Å². The molecule has 0 bridgehead atoms. The van der Waals surface area contributed by atoms with Gasteiger partial charge in [-0.1, -0.05) is 61.3 Å². The van der Waals surface area contributed by atoms with Gasteiger partial charge in [0.25, 0.3) is 0 Å². The van der Waals surface area contributed by atoms with Gasteiger partial charge in [-0.3, -0.25) is 4.79 Å². The highest BCUT2D eigenvalue weighted by atomic mass is 35.5. The third-order valence-electron chi connectivity index (χ3n) is 5.36. The van der Waals surface area contributed by atoms with Gasteiger partial charge in [0.05, 0.1) is 21.7 Å². The maximum absolute atomic E-state index is 12.0.